The Kier molecular flexibility index (Phi) is 8.31. The molecule has 1 rings (SSSR count). The van der Waals surface area contributed by atoms with Gasteiger partial charge in [-0.3, -0.25) is 10.1 Å². The van der Waals surface area contributed by atoms with Crippen molar-refractivity contribution in [3.63, 3.8) is 0 Å². The topological polar surface area (TPSA) is 113 Å². The second-order valence-electron chi connectivity index (χ2n) is 3.18. The zero-order valence-electron chi connectivity index (χ0n) is 11.1. The van der Waals surface area contributed by atoms with Crippen LogP contribution in [-0.4, -0.2) is 34.8 Å². The molecule has 20 heavy (non-hydrogen) atoms. The maximum absolute atomic E-state index is 11.6. The molecule has 0 heterocycles. The van der Waals surface area contributed by atoms with Gasteiger partial charge in [-0.2, -0.15) is 0 Å². The summed E-state index contributed by atoms with van der Waals surface area (Å²) in [6.07, 6.45) is -1.90. The molecular weight excluding hydrogens is 315 g/mol. The Balaban J connectivity index is 0.00000361. The summed E-state index contributed by atoms with van der Waals surface area (Å²) in [5.41, 5.74) is 0.337. The fourth-order valence-electron chi connectivity index (χ4n) is 1.07. The number of benzene rings is 1. The van der Waals surface area contributed by atoms with Gasteiger partial charge in [0.25, 0.3) is 0 Å². The number of rotatable bonds is 3. The summed E-state index contributed by atoms with van der Waals surface area (Å²) in [7, 11) is -1.90. The number of hydrogen-bond acceptors (Lipinski definition) is 6. The molecule has 0 aliphatic carbocycles. The number of amides is 2. The van der Waals surface area contributed by atoms with Crippen LogP contribution >= 0.6 is 0 Å². The van der Waals surface area contributed by atoms with Crippen molar-refractivity contribution in [1.82, 2.24) is 0 Å². The van der Waals surface area contributed by atoms with Crippen molar-refractivity contribution >= 4 is 27.9 Å². The van der Waals surface area contributed by atoms with Crippen molar-refractivity contribution in [3.05, 3.63) is 29.0 Å². The molecular formula is C10H11KN2O6S. The van der Waals surface area contributed by atoms with Crippen molar-refractivity contribution < 1.29 is 78.9 Å². The van der Waals surface area contributed by atoms with Crippen LogP contribution in [-0.2, 0) is 19.5 Å². The first kappa shape index (κ1) is 19.3. The molecule has 0 spiro atoms. The van der Waals surface area contributed by atoms with E-state index in [1.807, 2.05) is 0 Å². The second-order valence-corrected chi connectivity index (χ2v) is 4.78. The number of ether oxygens (including phenoxy) is 2. The molecule has 8 nitrogen and oxygen atoms in total. The van der Waals surface area contributed by atoms with Crippen LogP contribution in [0.2, 0.25) is 0 Å². The van der Waals surface area contributed by atoms with Gasteiger partial charge in [-0.1, -0.05) is 0 Å². The van der Waals surface area contributed by atoms with Crippen LogP contribution in [0.3, 0.4) is 0 Å². The van der Waals surface area contributed by atoms with Crippen LogP contribution in [0.1, 0.15) is 0 Å². The molecule has 1 N–H and O–H groups in total. The standard InChI is InChI=1S/C10H12N2O6S.K/c1-17-9(13)11-7-3-5-8(6-4-7)19(15,16)12-10(14)18-2;/h3-6H,1-2H3,(H2,11,12,13,14);/q;+1/p-1. The van der Waals surface area contributed by atoms with Crippen molar-refractivity contribution in [2.75, 3.05) is 19.5 Å². The third-order valence-electron chi connectivity index (χ3n) is 1.95. The van der Waals surface area contributed by atoms with E-state index in [0.717, 1.165) is 7.11 Å². The van der Waals surface area contributed by atoms with E-state index in [1.165, 1.54) is 31.4 Å². The average molecular weight is 326 g/mol. The average Bonchev–Trinajstić information content (AvgIpc) is 2.38. The van der Waals surface area contributed by atoms with E-state index < -0.39 is 22.2 Å². The third kappa shape index (κ3) is 5.77. The minimum atomic E-state index is -4.12. The van der Waals surface area contributed by atoms with E-state index in [1.54, 1.807) is 0 Å². The molecule has 0 unspecified atom stereocenters. The molecule has 1 aromatic carbocycles. The number of nitrogens with one attached hydrogen (secondary N) is 1. The van der Waals surface area contributed by atoms with Crippen LogP contribution in [0.25, 0.3) is 4.72 Å². The molecule has 2 amide bonds. The van der Waals surface area contributed by atoms with Crippen LogP contribution in [0.15, 0.2) is 29.2 Å². The molecule has 0 atom stereocenters. The number of nitrogens with zero attached hydrogens (tertiary/aromatic N) is 1. The molecule has 10 heteroatoms. The number of carbonyl (C=O) groups excluding carboxylic acids is 2. The number of hydrogen-bond donors (Lipinski definition) is 1. The van der Waals surface area contributed by atoms with Gasteiger partial charge in [0.05, 0.1) is 19.1 Å². The van der Waals surface area contributed by atoms with Gasteiger partial charge in [0, 0.05) is 5.69 Å². The van der Waals surface area contributed by atoms with Crippen molar-refractivity contribution in [2.24, 2.45) is 0 Å². The fraction of sp³-hybridized carbons (Fsp3) is 0.200. The van der Waals surface area contributed by atoms with E-state index in [0.29, 0.717) is 5.69 Å². The summed E-state index contributed by atoms with van der Waals surface area (Å²) in [5, 5.41) is 2.34. The molecule has 0 saturated carbocycles. The van der Waals surface area contributed by atoms with Gasteiger partial charge in [0.1, 0.15) is 10.0 Å². The number of methoxy groups -OCH3 is 2. The molecule has 0 radical (unpaired) electrons. The van der Waals surface area contributed by atoms with Crippen molar-refractivity contribution in [3.8, 4) is 0 Å². The fourth-order valence-corrected chi connectivity index (χ4v) is 1.92. The predicted molar refractivity (Wildman–Crippen MR) is 65.4 cm³/mol. The Morgan fingerprint density at radius 3 is 2.10 bits per heavy atom. The quantitative estimate of drug-likeness (QED) is 0.691. The number of carbonyl (C=O) groups is 2. The SMILES string of the molecule is COC(=O)[N-]S(=O)(=O)c1ccc(NC(=O)OC)cc1.[K+]. The van der Waals surface area contributed by atoms with Gasteiger partial charge in [0.2, 0.25) is 6.09 Å². The van der Waals surface area contributed by atoms with E-state index in [-0.39, 0.29) is 56.3 Å². The van der Waals surface area contributed by atoms with E-state index in [4.69, 9.17) is 0 Å². The molecule has 0 fully saturated rings. The predicted octanol–water partition coefficient (Wildman–Crippen LogP) is -1.30. The maximum atomic E-state index is 11.6. The summed E-state index contributed by atoms with van der Waals surface area (Å²) in [4.78, 5) is 21.5. The first-order chi connectivity index (χ1) is 8.89. The van der Waals surface area contributed by atoms with E-state index >= 15 is 0 Å². The third-order valence-corrected chi connectivity index (χ3v) is 3.21. The zero-order valence-corrected chi connectivity index (χ0v) is 15.1. The molecule has 0 bridgehead atoms. The smallest absolute Gasteiger partial charge is 0.506 e. The molecule has 0 aliphatic rings. The molecule has 0 aromatic heterocycles. The largest absolute Gasteiger partial charge is 1.00 e. The minimum Gasteiger partial charge on any atom is -0.506 e. The Morgan fingerprint density at radius 1 is 1.10 bits per heavy atom. The summed E-state index contributed by atoms with van der Waals surface area (Å²) >= 11 is 0. The number of sulfonamides is 1. The van der Waals surface area contributed by atoms with Gasteiger partial charge >= 0.3 is 57.5 Å². The van der Waals surface area contributed by atoms with E-state index in [2.05, 4.69) is 19.5 Å². The molecule has 104 valence electrons. The second kappa shape index (κ2) is 8.59. The monoisotopic (exact) mass is 326 g/mol. The van der Waals surface area contributed by atoms with Crippen LogP contribution in [0.5, 0.6) is 0 Å². The van der Waals surface area contributed by atoms with Gasteiger partial charge < -0.3 is 14.2 Å². The van der Waals surface area contributed by atoms with Crippen LogP contribution in [0.4, 0.5) is 15.3 Å². The summed E-state index contributed by atoms with van der Waals surface area (Å²) < 4.78 is 34.6. The van der Waals surface area contributed by atoms with Crippen LogP contribution < -0.4 is 56.7 Å². The van der Waals surface area contributed by atoms with Crippen molar-refractivity contribution in [1.29, 1.82) is 0 Å². The Bertz CT molecular complexity index is 572. The molecule has 0 saturated heterocycles. The Labute approximate surface area is 158 Å². The molecule has 0 aliphatic heterocycles. The van der Waals surface area contributed by atoms with Gasteiger partial charge in [0.15, 0.2) is 0 Å². The first-order valence-corrected chi connectivity index (χ1v) is 6.34. The summed E-state index contributed by atoms with van der Waals surface area (Å²) in [6.45, 7) is 0. The zero-order chi connectivity index (χ0) is 14.5. The number of anilines is 1. The Morgan fingerprint density at radius 2 is 1.65 bits per heavy atom. The van der Waals surface area contributed by atoms with Gasteiger partial charge in [-0.15, -0.1) is 0 Å². The minimum absolute atomic E-state index is 0. The normalized spacial score (nSPS) is 9.90. The van der Waals surface area contributed by atoms with E-state index in [9.17, 15) is 18.0 Å². The van der Waals surface area contributed by atoms with Gasteiger partial charge in [-0.05, 0) is 24.3 Å². The van der Waals surface area contributed by atoms with Crippen molar-refractivity contribution in [2.45, 2.75) is 4.90 Å². The Hall–Kier alpha value is -0.654. The molecule has 1 aromatic rings. The van der Waals surface area contributed by atoms with Gasteiger partial charge in [-0.25, -0.2) is 13.2 Å². The van der Waals surface area contributed by atoms with Crippen LogP contribution in [0, 0.1) is 0 Å². The summed E-state index contributed by atoms with van der Waals surface area (Å²) in [5.74, 6) is 0. The first-order valence-electron chi connectivity index (χ1n) is 4.90. The summed E-state index contributed by atoms with van der Waals surface area (Å²) in [6, 6.07) is 5.04. The maximum Gasteiger partial charge on any atom is 1.00 e.